The average Bonchev–Trinajstić information content (AvgIpc) is 3.55. The van der Waals surface area contributed by atoms with Crippen LogP contribution in [0.4, 0.5) is 14.6 Å². The lowest BCUT2D eigenvalue weighted by atomic mass is 9.90. The van der Waals surface area contributed by atoms with Crippen LogP contribution in [0.5, 0.6) is 0 Å². The van der Waals surface area contributed by atoms with E-state index < -0.39 is 11.6 Å². The van der Waals surface area contributed by atoms with Gasteiger partial charge in [0.05, 0.1) is 0 Å². The number of halogens is 2. The van der Waals surface area contributed by atoms with Crippen molar-refractivity contribution in [2.75, 3.05) is 44.2 Å². The van der Waals surface area contributed by atoms with Gasteiger partial charge in [0.2, 0.25) is 11.8 Å². The molecule has 1 aliphatic carbocycles. The zero-order valence-corrected chi connectivity index (χ0v) is 19.0. The molecule has 2 amide bonds. The Balaban J connectivity index is 1.10. The first-order valence-electron chi connectivity index (χ1n) is 11.8. The van der Waals surface area contributed by atoms with Gasteiger partial charge in [-0.15, -0.1) is 0 Å². The molecule has 8 heteroatoms. The fraction of sp³-hybridized carbons (Fsp3) is 0.423. The summed E-state index contributed by atoms with van der Waals surface area (Å²) in [5.41, 5.74) is 0.330. The van der Waals surface area contributed by atoms with Crippen LogP contribution in [0.15, 0.2) is 48.7 Å². The number of hydrogen-bond acceptors (Lipinski definition) is 4. The number of pyridine rings is 1. The van der Waals surface area contributed by atoms with E-state index in [1.165, 1.54) is 24.3 Å². The van der Waals surface area contributed by atoms with Crippen LogP contribution < -0.4 is 4.90 Å². The molecule has 1 atom stereocenters. The average molecular weight is 467 g/mol. The molecule has 2 aliphatic heterocycles. The van der Waals surface area contributed by atoms with Crippen molar-refractivity contribution in [3.05, 3.63) is 65.9 Å². The maximum atomic E-state index is 13.3. The van der Waals surface area contributed by atoms with Crippen molar-refractivity contribution in [2.24, 2.45) is 11.3 Å². The number of nitrogens with zero attached hydrogens (tertiary/aromatic N) is 4. The first kappa shape index (κ1) is 22.5. The summed E-state index contributed by atoms with van der Waals surface area (Å²) in [5, 5.41) is 0. The fourth-order valence-corrected chi connectivity index (χ4v) is 5.28. The molecule has 0 bridgehead atoms. The number of amides is 2. The smallest absolute Gasteiger partial charge is 0.246 e. The summed E-state index contributed by atoms with van der Waals surface area (Å²) in [5.74, 6) is -0.269. The summed E-state index contributed by atoms with van der Waals surface area (Å²) >= 11 is 0. The standard InChI is InChI=1S/C26H28F2N4O2/c27-20-15-19(16-21(28)17-20)4-5-24(33)31-9-6-26(7-10-31)18-22(26)25(34)32-13-11-30(12-14-32)23-3-1-2-8-29-23/h1-5,8,15-17,22H,6-7,9-14,18H2/b5-4+. The number of hydrogen-bond donors (Lipinski definition) is 0. The van der Waals surface area contributed by atoms with E-state index >= 15 is 0 Å². The molecule has 3 fully saturated rings. The SMILES string of the molecule is O=C(/C=C/c1cc(F)cc(F)c1)N1CCC2(CC1)CC2C(=O)N1CCN(c2ccccn2)CC1. The van der Waals surface area contributed by atoms with E-state index in [9.17, 15) is 18.4 Å². The minimum atomic E-state index is -0.672. The third-order valence-electron chi connectivity index (χ3n) is 7.43. The predicted octanol–water partition coefficient (Wildman–Crippen LogP) is 3.35. The van der Waals surface area contributed by atoms with Crippen LogP contribution in [-0.4, -0.2) is 65.9 Å². The molecule has 1 aromatic carbocycles. The molecule has 0 N–H and O–H groups in total. The molecule has 178 valence electrons. The van der Waals surface area contributed by atoms with Gasteiger partial charge in [0.25, 0.3) is 0 Å². The lowest BCUT2D eigenvalue weighted by molar-refractivity contribution is -0.134. The molecule has 5 rings (SSSR count). The third kappa shape index (κ3) is 4.67. The van der Waals surface area contributed by atoms with Gasteiger partial charge < -0.3 is 14.7 Å². The van der Waals surface area contributed by atoms with E-state index in [0.717, 1.165) is 44.2 Å². The van der Waals surface area contributed by atoms with Crippen LogP contribution in [-0.2, 0) is 9.59 Å². The Kier molecular flexibility index (Phi) is 6.06. The first-order valence-corrected chi connectivity index (χ1v) is 11.8. The maximum absolute atomic E-state index is 13.3. The molecule has 3 heterocycles. The molecule has 1 saturated carbocycles. The van der Waals surface area contributed by atoms with Gasteiger partial charge in [0, 0.05) is 63.5 Å². The highest BCUT2D eigenvalue weighted by Gasteiger charge is 2.59. The van der Waals surface area contributed by atoms with Crippen LogP contribution >= 0.6 is 0 Å². The predicted molar refractivity (Wildman–Crippen MR) is 125 cm³/mol. The van der Waals surface area contributed by atoms with Crippen molar-refractivity contribution in [3.63, 3.8) is 0 Å². The summed E-state index contributed by atoms with van der Waals surface area (Å²) in [6.45, 7) is 4.17. The van der Waals surface area contributed by atoms with Gasteiger partial charge >= 0.3 is 0 Å². The van der Waals surface area contributed by atoms with Gasteiger partial charge in [-0.1, -0.05) is 6.07 Å². The normalized spacial score (nSPS) is 21.8. The summed E-state index contributed by atoms with van der Waals surface area (Å²) in [6.07, 6.45) is 7.11. The zero-order chi connectivity index (χ0) is 23.7. The van der Waals surface area contributed by atoms with Gasteiger partial charge in [-0.25, -0.2) is 13.8 Å². The van der Waals surface area contributed by atoms with Crippen molar-refractivity contribution < 1.29 is 18.4 Å². The molecular formula is C26H28F2N4O2. The molecule has 2 saturated heterocycles. The van der Waals surface area contributed by atoms with Crippen LogP contribution in [0, 0.1) is 23.0 Å². The largest absolute Gasteiger partial charge is 0.353 e. The number of anilines is 1. The summed E-state index contributed by atoms with van der Waals surface area (Å²) < 4.78 is 26.7. The molecular weight excluding hydrogens is 438 g/mol. The number of carbonyl (C=O) groups is 2. The van der Waals surface area contributed by atoms with Crippen molar-refractivity contribution in [2.45, 2.75) is 19.3 Å². The van der Waals surface area contributed by atoms with Crippen LogP contribution in [0.25, 0.3) is 6.08 Å². The third-order valence-corrected chi connectivity index (χ3v) is 7.43. The van der Waals surface area contributed by atoms with Crippen molar-refractivity contribution in [1.82, 2.24) is 14.8 Å². The number of aromatic nitrogens is 1. The van der Waals surface area contributed by atoms with Crippen molar-refractivity contribution in [3.8, 4) is 0 Å². The van der Waals surface area contributed by atoms with Gasteiger partial charge in [0.15, 0.2) is 0 Å². The molecule has 0 radical (unpaired) electrons. The molecule has 3 aliphatic rings. The van der Waals surface area contributed by atoms with E-state index in [4.69, 9.17) is 0 Å². The topological polar surface area (TPSA) is 56.8 Å². The molecule has 1 spiro atoms. The Labute approximate surface area is 197 Å². The second kappa shape index (κ2) is 9.16. The lowest BCUT2D eigenvalue weighted by Gasteiger charge is -2.37. The number of piperazine rings is 1. The Morgan fingerprint density at radius 1 is 0.941 bits per heavy atom. The van der Waals surface area contributed by atoms with Crippen LogP contribution in [0.2, 0.25) is 0 Å². The van der Waals surface area contributed by atoms with E-state index in [0.29, 0.717) is 31.7 Å². The van der Waals surface area contributed by atoms with Gasteiger partial charge in [-0.2, -0.15) is 0 Å². The van der Waals surface area contributed by atoms with Gasteiger partial charge in [-0.05, 0) is 60.6 Å². The van der Waals surface area contributed by atoms with Crippen LogP contribution in [0.3, 0.4) is 0 Å². The van der Waals surface area contributed by atoms with Crippen molar-refractivity contribution >= 4 is 23.7 Å². The quantitative estimate of drug-likeness (QED) is 0.649. The van der Waals surface area contributed by atoms with Crippen LogP contribution in [0.1, 0.15) is 24.8 Å². The number of rotatable bonds is 4. The zero-order valence-electron chi connectivity index (χ0n) is 19.0. The number of likely N-dealkylation sites (tertiary alicyclic amines) is 1. The molecule has 6 nitrogen and oxygen atoms in total. The molecule has 2 aromatic rings. The van der Waals surface area contributed by atoms with E-state index in [1.807, 2.05) is 23.1 Å². The van der Waals surface area contributed by atoms with E-state index in [2.05, 4.69) is 9.88 Å². The highest BCUT2D eigenvalue weighted by molar-refractivity contribution is 5.92. The second-order valence-corrected chi connectivity index (χ2v) is 9.48. The highest BCUT2D eigenvalue weighted by atomic mass is 19.1. The van der Waals surface area contributed by atoms with E-state index in [1.54, 1.807) is 11.1 Å². The Bertz CT molecular complexity index is 1070. The second-order valence-electron chi connectivity index (χ2n) is 9.48. The Hall–Kier alpha value is -3.29. The summed E-state index contributed by atoms with van der Waals surface area (Å²) in [7, 11) is 0. The number of carbonyl (C=O) groups excluding carboxylic acids is 2. The maximum Gasteiger partial charge on any atom is 0.246 e. The van der Waals surface area contributed by atoms with Gasteiger partial charge in [0.1, 0.15) is 17.5 Å². The Morgan fingerprint density at radius 3 is 2.29 bits per heavy atom. The van der Waals surface area contributed by atoms with Crippen molar-refractivity contribution in [1.29, 1.82) is 0 Å². The molecule has 1 unspecified atom stereocenters. The minimum absolute atomic E-state index is 0.0153. The molecule has 34 heavy (non-hydrogen) atoms. The van der Waals surface area contributed by atoms with Gasteiger partial charge in [-0.3, -0.25) is 9.59 Å². The highest BCUT2D eigenvalue weighted by Crippen LogP contribution is 2.60. The lowest BCUT2D eigenvalue weighted by Crippen LogP contribution is -2.50. The summed E-state index contributed by atoms with van der Waals surface area (Å²) in [6, 6.07) is 9.05. The number of piperidine rings is 1. The summed E-state index contributed by atoms with van der Waals surface area (Å²) in [4.78, 5) is 36.0. The number of benzene rings is 1. The monoisotopic (exact) mass is 466 g/mol. The fourth-order valence-electron chi connectivity index (χ4n) is 5.28. The first-order chi connectivity index (χ1) is 16.4. The Morgan fingerprint density at radius 2 is 1.65 bits per heavy atom. The minimum Gasteiger partial charge on any atom is -0.353 e. The van der Waals surface area contributed by atoms with E-state index in [-0.39, 0.29) is 23.1 Å². The molecule has 1 aromatic heterocycles.